The van der Waals surface area contributed by atoms with E-state index in [1.165, 1.54) is 24.8 Å². The van der Waals surface area contributed by atoms with Crippen molar-refractivity contribution in [1.82, 2.24) is 0 Å². The van der Waals surface area contributed by atoms with Gasteiger partial charge in [0.2, 0.25) is 0 Å². The fourth-order valence-corrected chi connectivity index (χ4v) is 3.15. The van der Waals surface area contributed by atoms with Crippen molar-refractivity contribution in [3.63, 3.8) is 0 Å². The molecule has 3 rings (SSSR count). The Labute approximate surface area is 141 Å². The van der Waals surface area contributed by atoms with E-state index < -0.39 is 0 Å². The van der Waals surface area contributed by atoms with Gasteiger partial charge in [-0.05, 0) is 69.2 Å². The van der Waals surface area contributed by atoms with E-state index in [4.69, 9.17) is 11.1 Å². The van der Waals surface area contributed by atoms with E-state index >= 15 is 0 Å². The van der Waals surface area contributed by atoms with Gasteiger partial charge in [0.15, 0.2) is 0 Å². The molecule has 0 heterocycles. The predicted octanol–water partition coefficient (Wildman–Crippen LogP) is 5.65. The van der Waals surface area contributed by atoms with Gasteiger partial charge in [-0.15, -0.1) is 0 Å². The molecule has 0 fully saturated rings. The number of hydrogen-bond acceptors (Lipinski definition) is 2. The first-order chi connectivity index (χ1) is 10.9. The van der Waals surface area contributed by atoms with Gasteiger partial charge >= 0.3 is 0 Å². The van der Waals surface area contributed by atoms with E-state index in [0.717, 1.165) is 17.0 Å². The molecule has 0 aromatic heterocycles. The highest BCUT2D eigenvalue weighted by Crippen LogP contribution is 2.31. The van der Waals surface area contributed by atoms with Crippen LogP contribution in [-0.4, -0.2) is 5.71 Å². The first-order valence-corrected chi connectivity index (χ1v) is 8.39. The molecule has 2 nitrogen and oxygen atoms in total. The third-order valence-corrected chi connectivity index (χ3v) is 4.53. The van der Waals surface area contributed by atoms with Crippen molar-refractivity contribution in [2.75, 3.05) is 5.73 Å². The molecule has 0 saturated heterocycles. The smallest absolute Gasteiger partial charge is 0.0405 e. The SMILES string of the molecule is CC(=N)c1cc(C)ccc1N.Cc1ccc2c(c1)C(C)CCC2.[HH]. The highest BCUT2D eigenvalue weighted by molar-refractivity contribution is 6.01. The molecule has 1 unspecified atom stereocenters. The van der Waals surface area contributed by atoms with Crippen molar-refractivity contribution < 1.29 is 1.43 Å². The lowest BCUT2D eigenvalue weighted by Gasteiger charge is -2.22. The molecule has 124 valence electrons. The fraction of sp³-hybridized carbons (Fsp3) is 0.381. The molecule has 0 amide bonds. The topological polar surface area (TPSA) is 49.9 Å². The number of fused-ring (bicyclic) bond motifs is 1. The van der Waals surface area contributed by atoms with Gasteiger partial charge < -0.3 is 11.1 Å². The third-order valence-electron chi connectivity index (χ3n) is 4.53. The maximum atomic E-state index is 7.39. The fourth-order valence-electron chi connectivity index (χ4n) is 3.15. The molecule has 2 aromatic rings. The highest BCUT2D eigenvalue weighted by Gasteiger charge is 2.15. The molecule has 0 spiro atoms. The van der Waals surface area contributed by atoms with Gasteiger partial charge in [-0.3, -0.25) is 0 Å². The van der Waals surface area contributed by atoms with Crippen LogP contribution in [0.25, 0.3) is 0 Å². The van der Waals surface area contributed by atoms with Crippen molar-refractivity contribution >= 4 is 11.4 Å². The Morgan fingerprint density at radius 1 is 1.13 bits per heavy atom. The summed E-state index contributed by atoms with van der Waals surface area (Å²) in [5, 5.41) is 7.39. The van der Waals surface area contributed by atoms with Crippen LogP contribution in [0.1, 0.15) is 61.9 Å². The summed E-state index contributed by atoms with van der Waals surface area (Å²) in [6.45, 7) is 8.26. The van der Waals surface area contributed by atoms with Crippen LogP contribution in [0.4, 0.5) is 5.69 Å². The number of benzene rings is 2. The Morgan fingerprint density at radius 3 is 2.43 bits per heavy atom. The van der Waals surface area contributed by atoms with E-state index in [1.807, 2.05) is 25.1 Å². The van der Waals surface area contributed by atoms with E-state index in [-0.39, 0.29) is 1.43 Å². The zero-order valence-corrected chi connectivity index (χ0v) is 14.7. The summed E-state index contributed by atoms with van der Waals surface area (Å²) in [6.07, 6.45) is 4.04. The monoisotopic (exact) mass is 310 g/mol. The van der Waals surface area contributed by atoms with Gasteiger partial charge in [-0.25, -0.2) is 0 Å². The zero-order valence-electron chi connectivity index (χ0n) is 14.7. The second-order valence-corrected chi connectivity index (χ2v) is 6.71. The molecule has 0 bridgehead atoms. The van der Waals surface area contributed by atoms with Crippen LogP contribution < -0.4 is 5.73 Å². The quantitative estimate of drug-likeness (QED) is 0.519. The molecular formula is C21H30N2. The second-order valence-electron chi connectivity index (χ2n) is 6.71. The normalized spacial score (nSPS) is 16.1. The summed E-state index contributed by atoms with van der Waals surface area (Å²) in [6, 6.07) is 12.6. The van der Waals surface area contributed by atoms with E-state index in [1.54, 1.807) is 18.1 Å². The number of aryl methyl sites for hydroxylation is 3. The molecular weight excluding hydrogens is 280 g/mol. The Balaban J connectivity index is 0.000000232. The van der Waals surface area contributed by atoms with Crippen molar-refractivity contribution in [2.45, 2.75) is 52.9 Å². The molecule has 2 heteroatoms. The Bertz CT molecular complexity index is 707. The van der Waals surface area contributed by atoms with Crippen LogP contribution in [0.3, 0.4) is 0 Å². The summed E-state index contributed by atoms with van der Waals surface area (Å²) < 4.78 is 0. The average molecular weight is 310 g/mol. The largest absolute Gasteiger partial charge is 0.398 e. The molecule has 23 heavy (non-hydrogen) atoms. The summed E-state index contributed by atoms with van der Waals surface area (Å²) in [5.74, 6) is 0.786. The zero-order chi connectivity index (χ0) is 17.0. The van der Waals surface area contributed by atoms with Crippen LogP contribution in [-0.2, 0) is 6.42 Å². The summed E-state index contributed by atoms with van der Waals surface area (Å²) in [7, 11) is 0. The molecule has 2 aromatic carbocycles. The van der Waals surface area contributed by atoms with Gasteiger partial charge in [-0.1, -0.05) is 42.3 Å². The number of rotatable bonds is 1. The Hall–Kier alpha value is -2.09. The van der Waals surface area contributed by atoms with Crippen LogP contribution >= 0.6 is 0 Å². The highest BCUT2D eigenvalue weighted by atomic mass is 14.6. The minimum Gasteiger partial charge on any atom is -0.398 e. The van der Waals surface area contributed by atoms with Crippen LogP contribution in [0.2, 0.25) is 0 Å². The van der Waals surface area contributed by atoms with Gasteiger partial charge in [0, 0.05) is 18.4 Å². The first kappa shape index (κ1) is 17.3. The lowest BCUT2D eigenvalue weighted by Crippen LogP contribution is -2.06. The van der Waals surface area contributed by atoms with Crippen LogP contribution in [0.15, 0.2) is 36.4 Å². The lowest BCUT2D eigenvalue weighted by molar-refractivity contribution is 0.590. The number of nitrogens with one attached hydrogen (secondary N) is 1. The number of nitrogens with two attached hydrogens (primary N) is 1. The molecule has 1 aliphatic rings. The number of hydrogen-bond donors (Lipinski definition) is 2. The summed E-state index contributed by atoms with van der Waals surface area (Å²) in [4.78, 5) is 0. The number of nitrogen functional groups attached to an aromatic ring is 1. The molecule has 0 radical (unpaired) electrons. The summed E-state index contributed by atoms with van der Waals surface area (Å²) in [5.41, 5.74) is 13.4. The molecule has 3 N–H and O–H groups in total. The predicted molar refractivity (Wildman–Crippen MR) is 103 cm³/mol. The lowest BCUT2D eigenvalue weighted by atomic mass is 9.83. The molecule has 0 saturated carbocycles. The molecule has 1 atom stereocenters. The van der Waals surface area contributed by atoms with Gasteiger partial charge in [0.05, 0.1) is 0 Å². The van der Waals surface area contributed by atoms with Crippen molar-refractivity contribution in [3.8, 4) is 0 Å². The maximum absolute atomic E-state index is 7.39. The minimum absolute atomic E-state index is 0. The maximum Gasteiger partial charge on any atom is 0.0405 e. The third kappa shape index (κ3) is 4.44. The second kappa shape index (κ2) is 7.45. The Kier molecular flexibility index (Phi) is 5.59. The van der Waals surface area contributed by atoms with Crippen molar-refractivity contribution in [2.24, 2.45) is 0 Å². The molecule has 1 aliphatic carbocycles. The van der Waals surface area contributed by atoms with Crippen LogP contribution in [0.5, 0.6) is 0 Å². The average Bonchev–Trinajstić information content (AvgIpc) is 2.51. The Morgan fingerprint density at radius 2 is 1.78 bits per heavy atom. The first-order valence-electron chi connectivity index (χ1n) is 8.39. The van der Waals surface area contributed by atoms with Gasteiger partial charge in [0.25, 0.3) is 0 Å². The van der Waals surface area contributed by atoms with Crippen molar-refractivity contribution in [3.05, 3.63) is 64.2 Å². The van der Waals surface area contributed by atoms with Crippen molar-refractivity contribution in [1.29, 1.82) is 5.41 Å². The van der Waals surface area contributed by atoms with Crippen LogP contribution in [0, 0.1) is 19.3 Å². The van der Waals surface area contributed by atoms with Gasteiger partial charge in [0.1, 0.15) is 0 Å². The standard InChI is InChI=1S/C12H16.C9H12N2.H2/c1-9-6-7-11-5-3-4-10(2)12(11)8-9;1-6-3-4-9(11)8(5-6)7(2)10;/h6-8,10H,3-5H2,1-2H3;3-5,10H,11H2,1-2H3;1H. The van der Waals surface area contributed by atoms with Gasteiger partial charge in [-0.2, -0.15) is 0 Å². The minimum atomic E-state index is 0. The van der Waals surface area contributed by atoms with E-state index in [0.29, 0.717) is 11.4 Å². The van der Waals surface area contributed by atoms with E-state index in [2.05, 4.69) is 32.0 Å². The van der Waals surface area contributed by atoms with E-state index in [9.17, 15) is 0 Å². The summed E-state index contributed by atoms with van der Waals surface area (Å²) >= 11 is 0. The number of anilines is 1. The molecule has 0 aliphatic heterocycles.